The van der Waals surface area contributed by atoms with Crippen LogP contribution in [0.3, 0.4) is 0 Å². The second-order valence-corrected chi connectivity index (χ2v) is 2.67. The lowest BCUT2D eigenvalue weighted by atomic mass is 10.2. The summed E-state index contributed by atoms with van der Waals surface area (Å²) < 4.78 is 25.4. The molecule has 3 heteroatoms. The maximum absolute atomic E-state index is 12.8. The zero-order chi connectivity index (χ0) is 8.97. The van der Waals surface area contributed by atoms with Crippen LogP contribution in [-0.2, 0) is 0 Å². The quantitative estimate of drug-likeness (QED) is 0.671. The minimum Gasteiger partial charge on any atom is -0.316 e. The van der Waals surface area contributed by atoms with Gasteiger partial charge >= 0.3 is 0 Å². The van der Waals surface area contributed by atoms with Crippen LogP contribution in [0.1, 0.15) is 6.42 Å². The molecule has 0 aromatic heterocycles. The van der Waals surface area contributed by atoms with Gasteiger partial charge < -0.3 is 5.32 Å². The molecule has 0 saturated carbocycles. The smallest absolute Gasteiger partial charge is 0.125 e. The Balaban J connectivity index is 2.74. The van der Waals surface area contributed by atoms with Crippen LogP contribution >= 0.6 is 0 Å². The highest BCUT2D eigenvalue weighted by Gasteiger charge is 2.05. The first-order valence-electron chi connectivity index (χ1n) is 3.78. The molecule has 1 nitrogen and oxygen atoms in total. The molecule has 0 unspecified atom stereocenters. The molecule has 0 spiro atoms. The number of likely N-dealkylation sites (N-methyl/N-ethyl adjacent to an activating group) is 1. The van der Waals surface area contributed by atoms with E-state index in [1.165, 1.54) is 6.08 Å². The molecule has 1 aliphatic carbocycles. The van der Waals surface area contributed by atoms with E-state index in [4.69, 9.17) is 0 Å². The van der Waals surface area contributed by atoms with Crippen LogP contribution < -0.4 is 5.32 Å². The number of hydrogen-bond donors (Lipinski definition) is 1. The van der Waals surface area contributed by atoms with Crippen molar-refractivity contribution in [1.29, 1.82) is 0 Å². The Morgan fingerprint density at radius 2 is 2.17 bits per heavy atom. The number of halogens is 2. The molecule has 0 saturated heterocycles. The molecule has 0 radical (unpaired) electrons. The SMILES string of the molecule is CNCC1=CC=C(F)C=C(F)C1. The maximum Gasteiger partial charge on any atom is 0.125 e. The molecule has 0 fully saturated rings. The summed E-state index contributed by atoms with van der Waals surface area (Å²) in [6.45, 7) is 0.588. The van der Waals surface area contributed by atoms with Crippen LogP contribution in [0.2, 0.25) is 0 Å². The van der Waals surface area contributed by atoms with E-state index in [2.05, 4.69) is 5.32 Å². The summed E-state index contributed by atoms with van der Waals surface area (Å²) in [7, 11) is 1.77. The second kappa shape index (κ2) is 4.16. The lowest BCUT2D eigenvalue weighted by molar-refractivity contribution is 0.591. The number of nitrogens with one attached hydrogen (secondary N) is 1. The Labute approximate surface area is 70.5 Å². The summed E-state index contributed by atoms with van der Waals surface area (Å²) in [4.78, 5) is 0. The van der Waals surface area contributed by atoms with E-state index in [0.29, 0.717) is 6.54 Å². The molecule has 66 valence electrons. The van der Waals surface area contributed by atoms with Gasteiger partial charge in [0.05, 0.1) is 0 Å². The predicted molar refractivity (Wildman–Crippen MR) is 45.0 cm³/mol. The highest BCUT2D eigenvalue weighted by molar-refractivity contribution is 5.29. The van der Waals surface area contributed by atoms with Crippen molar-refractivity contribution in [2.45, 2.75) is 6.42 Å². The Bertz CT molecular complexity index is 251. The van der Waals surface area contributed by atoms with E-state index in [9.17, 15) is 8.78 Å². The summed E-state index contributed by atoms with van der Waals surface area (Å²) in [5.41, 5.74) is 0.846. The Morgan fingerprint density at radius 1 is 1.42 bits per heavy atom. The maximum atomic E-state index is 12.8. The molecule has 0 aromatic carbocycles. The third kappa shape index (κ3) is 2.58. The minimum atomic E-state index is -0.529. The topological polar surface area (TPSA) is 12.0 Å². The van der Waals surface area contributed by atoms with Crippen molar-refractivity contribution in [1.82, 2.24) is 5.32 Å². The third-order valence-corrected chi connectivity index (χ3v) is 1.57. The number of hydrogen-bond acceptors (Lipinski definition) is 1. The molecule has 1 N–H and O–H groups in total. The van der Waals surface area contributed by atoms with Crippen LogP contribution in [0, 0.1) is 0 Å². The van der Waals surface area contributed by atoms with Gasteiger partial charge in [-0.3, -0.25) is 0 Å². The molecule has 0 amide bonds. The van der Waals surface area contributed by atoms with Gasteiger partial charge in [0.2, 0.25) is 0 Å². The van der Waals surface area contributed by atoms with Crippen molar-refractivity contribution < 1.29 is 8.78 Å². The first-order valence-corrected chi connectivity index (χ1v) is 3.78. The molecular formula is C9H11F2N. The first-order chi connectivity index (χ1) is 5.72. The Morgan fingerprint density at radius 3 is 2.83 bits per heavy atom. The summed E-state index contributed by atoms with van der Waals surface area (Å²) in [6.07, 6.45) is 4.00. The minimum absolute atomic E-state index is 0.199. The average molecular weight is 171 g/mol. The fourth-order valence-corrected chi connectivity index (χ4v) is 1.07. The fraction of sp³-hybridized carbons (Fsp3) is 0.333. The van der Waals surface area contributed by atoms with E-state index < -0.39 is 11.7 Å². The second-order valence-electron chi connectivity index (χ2n) is 2.67. The Hall–Kier alpha value is -0.960. The predicted octanol–water partition coefficient (Wildman–Crippen LogP) is 2.24. The third-order valence-electron chi connectivity index (χ3n) is 1.57. The zero-order valence-corrected chi connectivity index (χ0v) is 6.90. The number of allylic oxidation sites excluding steroid dienone is 5. The van der Waals surface area contributed by atoms with Crippen LogP contribution in [0.25, 0.3) is 0 Å². The standard InChI is InChI=1S/C9H11F2N/c1-12-6-7-2-3-8(10)5-9(11)4-7/h2-3,5,12H,4,6H2,1H3. The Kier molecular flexibility index (Phi) is 3.17. The lowest BCUT2D eigenvalue weighted by Crippen LogP contribution is -2.10. The van der Waals surface area contributed by atoms with Crippen molar-refractivity contribution in [2.75, 3.05) is 13.6 Å². The molecule has 0 aromatic rings. The number of rotatable bonds is 2. The average Bonchev–Trinajstić information content (AvgIpc) is 2.13. The van der Waals surface area contributed by atoms with E-state index >= 15 is 0 Å². The van der Waals surface area contributed by atoms with E-state index in [-0.39, 0.29) is 6.42 Å². The van der Waals surface area contributed by atoms with Crippen LogP contribution in [-0.4, -0.2) is 13.6 Å². The van der Waals surface area contributed by atoms with Crippen molar-refractivity contribution in [3.63, 3.8) is 0 Å². The van der Waals surface area contributed by atoms with Crippen LogP contribution in [0.5, 0.6) is 0 Å². The van der Waals surface area contributed by atoms with E-state index in [1.807, 2.05) is 0 Å². The van der Waals surface area contributed by atoms with Crippen LogP contribution in [0.15, 0.2) is 35.5 Å². The normalized spacial score (nSPS) is 17.8. The molecule has 0 aliphatic heterocycles. The fourth-order valence-electron chi connectivity index (χ4n) is 1.07. The molecule has 0 atom stereocenters. The van der Waals surface area contributed by atoms with E-state index in [1.54, 1.807) is 13.1 Å². The largest absolute Gasteiger partial charge is 0.316 e. The summed E-state index contributed by atoms with van der Waals surface area (Å²) >= 11 is 0. The summed E-state index contributed by atoms with van der Waals surface area (Å²) in [5, 5.41) is 2.89. The van der Waals surface area contributed by atoms with Gasteiger partial charge in [0.25, 0.3) is 0 Å². The molecule has 0 heterocycles. The summed E-state index contributed by atoms with van der Waals surface area (Å²) in [5.74, 6) is -0.957. The van der Waals surface area contributed by atoms with Gasteiger partial charge in [-0.15, -0.1) is 0 Å². The first kappa shape index (κ1) is 9.13. The van der Waals surface area contributed by atoms with Crippen molar-refractivity contribution in [3.05, 3.63) is 35.5 Å². The van der Waals surface area contributed by atoms with Gasteiger partial charge in [-0.05, 0) is 18.7 Å². The van der Waals surface area contributed by atoms with Crippen molar-refractivity contribution >= 4 is 0 Å². The van der Waals surface area contributed by atoms with E-state index in [0.717, 1.165) is 11.6 Å². The van der Waals surface area contributed by atoms with Crippen LogP contribution in [0.4, 0.5) is 8.78 Å². The summed E-state index contributed by atoms with van der Waals surface area (Å²) in [6, 6.07) is 0. The van der Waals surface area contributed by atoms with Gasteiger partial charge in [-0.25, -0.2) is 8.78 Å². The molecule has 12 heavy (non-hydrogen) atoms. The van der Waals surface area contributed by atoms with Gasteiger partial charge in [0.1, 0.15) is 11.7 Å². The molecular weight excluding hydrogens is 160 g/mol. The lowest BCUT2D eigenvalue weighted by Gasteiger charge is -2.01. The zero-order valence-electron chi connectivity index (χ0n) is 6.90. The van der Waals surface area contributed by atoms with Gasteiger partial charge in [0.15, 0.2) is 0 Å². The molecule has 1 aliphatic rings. The van der Waals surface area contributed by atoms with Gasteiger partial charge in [0, 0.05) is 19.0 Å². The molecule has 0 bridgehead atoms. The van der Waals surface area contributed by atoms with Crippen molar-refractivity contribution in [2.24, 2.45) is 0 Å². The highest BCUT2D eigenvalue weighted by Crippen LogP contribution is 2.18. The molecule has 1 rings (SSSR count). The van der Waals surface area contributed by atoms with Gasteiger partial charge in [-0.2, -0.15) is 0 Å². The highest BCUT2D eigenvalue weighted by atomic mass is 19.1. The van der Waals surface area contributed by atoms with Gasteiger partial charge in [-0.1, -0.05) is 6.08 Å². The van der Waals surface area contributed by atoms with Crippen molar-refractivity contribution in [3.8, 4) is 0 Å². The monoisotopic (exact) mass is 171 g/mol.